The van der Waals surface area contributed by atoms with Gasteiger partial charge in [0.15, 0.2) is 0 Å². The Hall–Kier alpha value is -0.610. The summed E-state index contributed by atoms with van der Waals surface area (Å²) in [5.41, 5.74) is 1.08. The highest BCUT2D eigenvalue weighted by molar-refractivity contribution is 7.09. The van der Waals surface area contributed by atoms with E-state index in [1.165, 1.54) is 11.3 Å². The minimum Gasteiger partial charge on any atom is -0.316 e. The van der Waals surface area contributed by atoms with Crippen LogP contribution >= 0.6 is 11.3 Å². The highest BCUT2D eigenvalue weighted by Gasteiger charge is 2.20. The Labute approximate surface area is 88.6 Å². The van der Waals surface area contributed by atoms with Gasteiger partial charge in [-0.05, 0) is 6.54 Å². The molecule has 1 aromatic heterocycles. The van der Waals surface area contributed by atoms with Crippen molar-refractivity contribution in [2.75, 3.05) is 6.54 Å². The summed E-state index contributed by atoms with van der Waals surface area (Å²) in [4.78, 5) is 15.3. The number of hydrogen-bond acceptors (Lipinski definition) is 3. The van der Waals surface area contributed by atoms with E-state index in [0.29, 0.717) is 0 Å². The smallest absolute Gasteiger partial charge is 0.305 e. The average molecular weight is 214 g/mol. The lowest BCUT2D eigenvalue weighted by molar-refractivity contribution is 0.560. The summed E-state index contributed by atoms with van der Waals surface area (Å²) in [6.45, 7) is 10.1. The topological polar surface area (TPSA) is 44.9 Å². The molecular formula is C10H18N2OS. The van der Waals surface area contributed by atoms with Crippen LogP contribution in [-0.4, -0.2) is 11.5 Å². The second-order valence-corrected chi connectivity index (χ2v) is 5.41. The molecule has 0 fully saturated rings. The van der Waals surface area contributed by atoms with Gasteiger partial charge < -0.3 is 10.3 Å². The maximum atomic E-state index is 11.3. The molecule has 0 aromatic carbocycles. The van der Waals surface area contributed by atoms with Crippen molar-refractivity contribution in [2.45, 2.75) is 39.7 Å². The fourth-order valence-electron chi connectivity index (χ4n) is 1.33. The molecule has 0 radical (unpaired) electrons. The molecule has 80 valence electrons. The van der Waals surface area contributed by atoms with Gasteiger partial charge in [0, 0.05) is 22.5 Å². The summed E-state index contributed by atoms with van der Waals surface area (Å²) in [5, 5.41) is 3.24. The van der Waals surface area contributed by atoms with E-state index in [1.54, 1.807) is 0 Å². The molecule has 0 bridgehead atoms. The molecule has 2 N–H and O–H groups in total. The molecule has 0 saturated heterocycles. The van der Waals surface area contributed by atoms with Gasteiger partial charge in [0.05, 0.1) is 0 Å². The normalized spacial score (nSPS) is 12.0. The molecule has 1 aromatic rings. The van der Waals surface area contributed by atoms with Crippen LogP contribution in [0.2, 0.25) is 0 Å². The third-order valence-corrected chi connectivity index (χ3v) is 2.89. The van der Waals surface area contributed by atoms with Gasteiger partial charge in [0.2, 0.25) is 0 Å². The predicted molar refractivity (Wildman–Crippen MR) is 61.0 cm³/mol. The maximum Gasteiger partial charge on any atom is 0.305 e. The minimum atomic E-state index is 0.0178. The molecule has 0 amide bonds. The average Bonchev–Trinajstić information content (AvgIpc) is 2.42. The van der Waals surface area contributed by atoms with E-state index in [-0.39, 0.29) is 10.3 Å². The third kappa shape index (κ3) is 2.69. The van der Waals surface area contributed by atoms with Crippen LogP contribution in [-0.2, 0) is 12.0 Å². The van der Waals surface area contributed by atoms with E-state index in [9.17, 15) is 4.79 Å². The molecule has 3 nitrogen and oxygen atoms in total. The Morgan fingerprint density at radius 2 is 2.07 bits per heavy atom. The minimum absolute atomic E-state index is 0.0178. The first-order chi connectivity index (χ1) is 6.45. The van der Waals surface area contributed by atoms with Crippen LogP contribution in [0.1, 0.15) is 38.3 Å². The van der Waals surface area contributed by atoms with Crippen molar-refractivity contribution < 1.29 is 0 Å². The lowest BCUT2D eigenvalue weighted by Gasteiger charge is -2.18. The molecular weight excluding hydrogens is 196 g/mol. The number of aromatic nitrogens is 1. The summed E-state index contributed by atoms with van der Waals surface area (Å²) >= 11 is 1.31. The Kier molecular flexibility index (Phi) is 3.50. The number of thiazole rings is 1. The van der Waals surface area contributed by atoms with Gasteiger partial charge in [-0.3, -0.25) is 4.79 Å². The molecule has 0 aliphatic heterocycles. The van der Waals surface area contributed by atoms with E-state index in [1.807, 2.05) is 0 Å². The van der Waals surface area contributed by atoms with E-state index >= 15 is 0 Å². The zero-order chi connectivity index (χ0) is 10.8. The van der Waals surface area contributed by atoms with E-state index < -0.39 is 0 Å². The van der Waals surface area contributed by atoms with Crippen LogP contribution < -0.4 is 10.2 Å². The van der Waals surface area contributed by atoms with Crippen molar-refractivity contribution in [1.82, 2.24) is 10.3 Å². The summed E-state index contributed by atoms with van der Waals surface area (Å²) in [5.74, 6) is 0. The standard InChI is InChI=1S/C10H18N2OS/c1-5-11-6-7-8(10(2,3)4)12-9(13)14-7/h11H,5-6H2,1-4H3,(H,12,13). The SMILES string of the molecule is CCNCc1sc(=O)[nH]c1C(C)(C)C. The van der Waals surface area contributed by atoms with Gasteiger partial charge in [-0.25, -0.2) is 0 Å². The van der Waals surface area contributed by atoms with Crippen molar-refractivity contribution >= 4 is 11.3 Å². The second-order valence-electron chi connectivity index (χ2n) is 4.34. The maximum absolute atomic E-state index is 11.3. The van der Waals surface area contributed by atoms with Gasteiger partial charge in [-0.15, -0.1) is 0 Å². The lowest BCUT2D eigenvalue weighted by Crippen LogP contribution is -2.18. The van der Waals surface area contributed by atoms with Gasteiger partial charge in [0.1, 0.15) is 0 Å². The second kappa shape index (κ2) is 4.28. The highest BCUT2D eigenvalue weighted by atomic mass is 32.1. The van der Waals surface area contributed by atoms with Gasteiger partial charge >= 0.3 is 4.87 Å². The molecule has 14 heavy (non-hydrogen) atoms. The molecule has 1 heterocycles. The predicted octanol–water partition coefficient (Wildman–Crippen LogP) is 1.84. The summed E-state index contributed by atoms with van der Waals surface area (Å²) in [6.07, 6.45) is 0. The Morgan fingerprint density at radius 1 is 1.43 bits per heavy atom. The Morgan fingerprint density at radius 3 is 2.57 bits per heavy atom. The van der Waals surface area contributed by atoms with E-state index in [0.717, 1.165) is 23.7 Å². The van der Waals surface area contributed by atoms with Gasteiger partial charge in [-0.2, -0.15) is 0 Å². The Balaban J connectivity index is 2.97. The number of H-pyrrole nitrogens is 1. The number of nitrogens with one attached hydrogen (secondary N) is 2. The molecule has 4 heteroatoms. The Bertz CT molecular complexity index is 346. The molecule has 0 spiro atoms. The van der Waals surface area contributed by atoms with Crippen LogP contribution in [0.4, 0.5) is 0 Å². The lowest BCUT2D eigenvalue weighted by atomic mass is 9.91. The monoisotopic (exact) mass is 214 g/mol. The highest BCUT2D eigenvalue weighted by Crippen LogP contribution is 2.24. The zero-order valence-electron chi connectivity index (χ0n) is 9.23. The first kappa shape index (κ1) is 11.5. The first-order valence-corrected chi connectivity index (χ1v) is 5.70. The fourth-order valence-corrected chi connectivity index (χ4v) is 2.34. The third-order valence-electron chi connectivity index (χ3n) is 2.01. The quantitative estimate of drug-likeness (QED) is 0.806. The molecule has 0 unspecified atom stereocenters. The van der Waals surface area contributed by atoms with Crippen LogP contribution in [0.3, 0.4) is 0 Å². The largest absolute Gasteiger partial charge is 0.316 e. The number of hydrogen-bond donors (Lipinski definition) is 2. The molecule has 0 aliphatic carbocycles. The molecule has 0 saturated carbocycles. The summed E-state index contributed by atoms with van der Waals surface area (Å²) in [6, 6.07) is 0. The van der Waals surface area contributed by atoms with E-state index in [2.05, 4.69) is 38.0 Å². The fraction of sp³-hybridized carbons (Fsp3) is 0.700. The van der Waals surface area contributed by atoms with Crippen molar-refractivity contribution in [3.63, 3.8) is 0 Å². The van der Waals surface area contributed by atoms with E-state index in [4.69, 9.17) is 0 Å². The van der Waals surface area contributed by atoms with Crippen LogP contribution in [0.5, 0.6) is 0 Å². The van der Waals surface area contributed by atoms with Crippen molar-refractivity contribution in [1.29, 1.82) is 0 Å². The van der Waals surface area contributed by atoms with Crippen molar-refractivity contribution in [2.24, 2.45) is 0 Å². The van der Waals surface area contributed by atoms with Crippen LogP contribution in [0.25, 0.3) is 0 Å². The van der Waals surface area contributed by atoms with Gasteiger partial charge in [0.25, 0.3) is 0 Å². The first-order valence-electron chi connectivity index (χ1n) is 4.88. The van der Waals surface area contributed by atoms with Crippen LogP contribution in [0.15, 0.2) is 4.79 Å². The van der Waals surface area contributed by atoms with Crippen LogP contribution in [0, 0.1) is 0 Å². The number of aromatic amines is 1. The molecule has 0 aliphatic rings. The zero-order valence-corrected chi connectivity index (χ0v) is 10.0. The molecule has 0 atom stereocenters. The summed E-state index contributed by atoms with van der Waals surface area (Å²) < 4.78 is 0. The molecule has 1 rings (SSSR count). The number of rotatable bonds is 3. The van der Waals surface area contributed by atoms with Crippen molar-refractivity contribution in [3.05, 3.63) is 20.2 Å². The van der Waals surface area contributed by atoms with Crippen molar-refractivity contribution in [3.8, 4) is 0 Å². The summed E-state index contributed by atoms with van der Waals surface area (Å²) in [7, 11) is 0. The van der Waals surface area contributed by atoms with Gasteiger partial charge in [-0.1, -0.05) is 39.0 Å².